The molecule has 9 heavy (non-hydrogen) atoms. The zero-order valence-corrected chi connectivity index (χ0v) is 4.71. The fraction of sp³-hybridized carbons (Fsp3) is 0.750. The predicted molar refractivity (Wildman–Crippen MR) is 25.4 cm³/mol. The van der Waals surface area contributed by atoms with Crippen LogP contribution in [0.2, 0.25) is 0 Å². The first-order chi connectivity index (χ1) is 3.85. The summed E-state index contributed by atoms with van der Waals surface area (Å²) in [5, 5.41) is 24.3. The van der Waals surface area contributed by atoms with Gasteiger partial charge in [-0.25, -0.2) is 9.18 Å². The summed E-state index contributed by atoms with van der Waals surface area (Å²) in [5.41, 5.74) is 0. The van der Waals surface area contributed by atoms with Gasteiger partial charge in [-0.1, -0.05) is 0 Å². The normalized spacial score (nSPS) is 15.1. The molecule has 54 valence electrons. The van der Waals surface area contributed by atoms with Gasteiger partial charge < -0.3 is 15.3 Å². The predicted octanol–water partition coefficient (Wildman–Crippen LogP) is -0.890. The summed E-state index contributed by atoms with van der Waals surface area (Å²) in [5.74, 6) is -4.67. The van der Waals surface area contributed by atoms with Crippen molar-refractivity contribution >= 4 is 5.97 Å². The van der Waals surface area contributed by atoms with E-state index in [1.54, 1.807) is 0 Å². The first-order valence-corrected chi connectivity index (χ1v) is 2.17. The molecule has 0 amide bonds. The molecule has 0 aromatic carbocycles. The number of aliphatic hydroxyl groups is 2. The van der Waals surface area contributed by atoms with Crippen LogP contribution in [0.25, 0.3) is 0 Å². The lowest BCUT2D eigenvalue weighted by atomic mass is 10.2. The van der Waals surface area contributed by atoms with E-state index in [0.717, 1.165) is 0 Å². The monoisotopic (exact) mass is 138 g/mol. The molecule has 0 fully saturated rings. The van der Waals surface area contributed by atoms with E-state index in [1.165, 1.54) is 0 Å². The maximum Gasteiger partial charge on any atom is 0.344 e. The number of rotatable bonds is 2. The zero-order valence-electron chi connectivity index (χ0n) is 4.71. The molecular formula is C4H7FO4. The van der Waals surface area contributed by atoms with Gasteiger partial charge in [0.05, 0.1) is 0 Å². The molecule has 0 aromatic rings. The molecule has 3 N–H and O–H groups in total. The van der Waals surface area contributed by atoms with Crippen molar-refractivity contribution in [3.63, 3.8) is 0 Å². The van der Waals surface area contributed by atoms with Crippen molar-refractivity contribution < 1.29 is 24.5 Å². The van der Waals surface area contributed by atoms with Crippen LogP contribution in [0.15, 0.2) is 0 Å². The summed E-state index contributed by atoms with van der Waals surface area (Å²) in [7, 11) is 0. The highest BCUT2D eigenvalue weighted by Crippen LogP contribution is 2.08. The second-order valence-corrected chi connectivity index (χ2v) is 1.79. The van der Waals surface area contributed by atoms with Gasteiger partial charge in [-0.05, 0) is 6.92 Å². The van der Waals surface area contributed by atoms with Gasteiger partial charge >= 0.3 is 5.97 Å². The molecule has 0 saturated carbocycles. The number of halogens is 1. The van der Waals surface area contributed by atoms with E-state index in [9.17, 15) is 9.18 Å². The van der Waals surface area contributed by atoms with Crippen LogP contribution in [0.3, 0.4) is 0 Å². The number of hydrogen-bond acceptors (Lipinski definition) is 3. The van der Waals surface area contributed by atoms with Gasteiger partial charge in [0.15, 0.2) is 0 Å². The Bertz CT molecular complexity index is 116. The second kappa shape index (κ2) is 2.28. The number of aliphatic carboxylic acids is 1. The fourth-order valence-corrected chi connectivity index (χ4v) is 0.234. The smallest absolute Gasteiger partial charge is 0.344 e. The molecular weight excluding hydrogens is 131 g/mol. The molecule has 5 heteroatoms. The van der Waals surface area contributed by atoms with E-state index >= 15 is 0 Å². The molecule has 0 spiro atoms. The lowest BCUT2D eigenvalue weighted by Gasteiger charge is -2.16. The SMILES string of the molecule is CC(O)(O)C(F)C(=O)O. The Morgan fingerprint density at radius 1 is 1.67 bits per heavy atom. The van der Waals surface area contributed by atoms with Gasteiger partial charge in [0.25, 0.3) is 0 Å². The van der Waals surface area contributed by atoms with Gasteiger partial charge in [-0.2, -0.15) is 0 Å². The number of carbonyl (C=O) groups is 1. The highest BCUT2D eigenvalue weighted by atomic mass is 19.1. The summed E-state index contributed by atoms with van der Waals surface area (Å²) in [6.07, 6.45) is -2.66. The van der Waals surface area contributed by atoms with Crippen molar-refractivity contribution in [2.75, 3.05) is 0 Å². The Morgan fingerprint density at radius 3 is 2.00 bits per heavy atom. The van der Waals surface area contributed by atoms with Crippen molar-refractivity contribution in [2.24, 2.45) is 0 Å². The lowest BCUT2D eigenvalue weighted by molar-refractivity contribution is -0.202. The number of hydrogen-bond donors (Lipinski definition) is 3. The topological polar surface area (TPSA) is 77.8 Å². The van der Waals surface area contributed by atoms with Gasteiger partial charge in [0.1, 0.15) is 0 Å². The van der Waals surface area contributed by atoms with Crippen LogP contribution in [-0.4, -0.2) is 33.2 Å². The van der Waals surface area contributed by atoms with Crippen molar-refractivity contribution in [1.82, 2.24) is 0 Å². The highest BCUT2D eigenvalue weighted by molar-refractivity contribution is 5.73. The van der Waals surface area contributed by atoms with Gasteiger partial charge in [0.2, 0.25) is 12.0 Å². The Labute approximate surface area is 50.5 Å². The minimum atomic E-state index is -2.79. The third-order valence-electron chi connectivity index (χ3n) is 0.697. The fourth-order valence-electron chi connectivity index (χ4n) is 0.234. The molecule has 0 aromatic heterocycles. The van der Waals surface area contributed by atoms with E-state index in [-0.39, 0.29) is 0 Å². The summed E-state index contributed by atoms with van der Waals surface area (Å²) in [4.78, 5) is 9.65. The summed E-state index contributed by atoms with van der Waals surface area (Å²) in [6, 6.07) is 0. The van der Waals surface area contributed by atoms with Crippen molar-refractivity contribution in [3.8, 4) is 0 Å². The van der Waals surface area contributed by atoms with Crippen LogP contribution >= 0.6 is 0 Å². The largest absolute Gasteiger partial charge is 0.479 e. The second-order valence-electron chi connectivity index (χ2n) is 1.79. The molecule has 4 nitrogen and oxygen atoms in total. The van der Waals surface area contributed by atoms with E-state index in [1.807, 2.05) is 0 Å². The van der Waals surface area contributed by atoms with Gasteiger partial charge in [-0.3, -0.25) is 0 Å². The summed E-state index contributed by atoms with van der Waals surface area (Å²) >= 11 is 0. The Morgan fingerprint density at radius 2 is 2.00 bits per heavy atom. The summed E-state index contributed by atoms with van der Waals surface area (Å²) in [6.45, 7) is 0.659. The van der Waals surface area contributed by atoms with Crippen LogP contribution in [-0.2, 0) is 4.79 Å². The van der Waals surface area contributed by atoms with Crippen LogP contribution in [0.5, 0.6) is 0 Å². The standard InChI is InChI=1S/C4H7FO4/c1-4(8,9)2(5)3(6)7/h2,8-9H,1H3,(H,6,7). The van der Waals surface area contributed by atoms with E-state index < -0.39 is 17.9 Å². The minimum Gasteiger partial charge on any atom is -0.479 e. The number of carboxylic acids is 1. The molecule has 0 aliphatic carbocycles. The average Bonchev–Trinajstić information content (AvgIpc) is 1.62. The first kappa shape index (κ1) is 8.32. The van der Waals surface area contributed by atoms with Crippen LogP contribution in [0, 0.1) is 0 Å². The van der Waals surface area contributed by atoms with Crippen LogP contribution in [0.1, 0.15) is 6.92 Å². The first-order valence-electron chi connectivity index (χ1n) is 2.17. The van der Waals surface area contributed by atoms with Crippen LogP contribution in [0.4, 0.5) is 4.39 Å². The van der Waals surface area contributed by atoms with Crippen molar-refractivity contribution in [1.29, 1.82) is 0 Å². The molecule has 0 aliphatic rings. The summed E-state index contributed by atoms with van der Waals surface area (Å²) < 4.78 is 11.9. The maximum atomic E-state index is 11.9. The van der Waals surface area contributed by atoms with Gasteiger partial charge in [0, 0.05) is 0 Å². The molecule has 0 saturated heterocycles. The molecule has 0 bridgehead atoms. The highest BCUT2D eigenvalue weighted by Gasteiger charge is 2.35. The van der Waals surface area contributed by atoms with Crippen LogP contribution < -0.4 is 0 Å². The van der Waals surface area contributed by atoms with E-state index in [2.05, 4.69) is 0 Å². The molecule has 1 unspecified atom stereocenters. The molecule has 0 radical (unpaired) electrons. The van der Waals surface area contributed by atoms with Crippen molar-refractivity contribution in [3.05, 3.63) is 0 Å². The molecule has 1 atom stereocenters. The molecule has 0 heterocycles. The zero-order chi connectivity index (χ0) is 7.65. The minimum absolute atomic E-state index is 0.659. The van der Waals surface area contributed by atoms with Gasteiger partial charge in [-0.15, -0.1) is 0 Å². The molecule has 0 rings (SSSR count). The number of alkyl halides is 1. The average molecular weight is 138 g/mol. The molecule has 0 aliphatic heterocycles. The number of carboxylic acid groups (broad SMARTS) is 1. The quantitative estimate of drug-likeness (QED) is 0.432. The Balaban J connectivity index is 4.04. The third kappa shape index (κ3) is 2.39. The Hall–Kier alpha value is -0.680. The Kier molecular flexibility index (Phi) is 2.11. The third-order valence-corrected chi connectivity index (χ3v) is 0.697. The van der Waals surface area contributed by atoms with E-state index in [4.69, 9.17) is 15.3 Å². The van der Waals surface area contributed by atoms with Crippen molar-refractivity contribution in [2.45, 2.75) is 18.9 Å². The lowest BCUT2D eigenvalue weighted by Crippen LogP contribution is -2.41. The van der Waals surface area contributed by atoms with E-state index in [0.29, 0.717) is 6.92 Å². The maximum absolute atomic E-state index is 11.9.